The Hall–Kier alpha value is -4.90. The molecule has 0 aliphatic rings. The molecular formula is C36H40FN3O6S. The number of carbonyl (C=O) groups excluding carboxylic acids is 2. The summed E-state index contributed by atoms with van der Waals surface area (Å²) in [6.45, 7) is 1.42. The van der Waals surface area contributed by atoms with E-state index < -0.39 is 40.2 Å². The fourth-order valence-electron chi connectivity index (χ4n) is 5.09. The van der Waals surface area contributed by atoms with Crippen LogP contribution in [0.1, 0.15) is 30.9 Å². The van der Waals surface area contributed by atoms with Gasteiger partial charge in [-0.3, -0.25) is 13.9 Å². The van der Waals surface area contributed by atoms with E-state index in [2.05, 4.69) is 5.32 Å². The average molecular weight is 662 g/mol. The molecule has 2 amide bonds. The second-order valence-electron chi connectivity index (χ2n) is 10.8. The standard InChI is InChI=1S/C36H40FN3O6S/c1-4-5-23-38-36(42)33(24-27-13-7-6-8-14-27)39(25-28-15-9-10-16-31(28)37)35(41)26-40(32-17-11-12-18-34(32)46-3)47(43,44)30-21-19-29(45-2)20-22-30/h6-22,33H,4-5,23-26H2,1-3H3,(H,38,42)/t33-/m1/s1. The largest absolute Gasteiger partial charge is 0.497 e. The molecule has 248 valence electrons. The number of amides is 2. The molecule has 0 saturated carbocycles. The number of anilines is 1. The molecule has 0 aliphatic heterocycles. The highest BCUT2D eigenvalue weighted by Gasteiger charge is 2.35. The van der Waals surface area contributed by atoms with Crippen molar-refractivity contribution in [3.05, 3.63) is 120 Å². The summed E-state index contributed by atoms with van der Waals surface area (Å²) >= 11 is 0. The third-order valence-corrected chi connectivity index (χ3v) is 9.45. The van der Waals surface area contributed by atoms with E-state index in [-0.39, 0.29) is 34.9 Å². The van der Waals surface area contributed by atoms with Crippen LogP contribution in [-0.2, 0) is 32.6 Å². The van der Waals surface area contributed by atoms with Gasteiger partial charge < -0.3 is 19.7 Å². The van der Waals surface area contributed by atoms with Crippen LogP contribution in [0.15, 0.2) is 108 Å². The number of rotatable bonds is 16. The molecule has 0 saturated heterocycles. The molecule has 4 rings (SSSR count). The Morgan fingerprint density at radius 3 is 2.17 bits per heavy atom. The third-order valence-electron chi connectivity index (χ3n) is 7.68. The number of hydrogen-bond acceptors (Lipinski definition) is 6. The molecule has 0 heterocycles. The quantitative estimate of drug-likeness (QED) is 0.157. The van der Waals surface area contributed by atoms with Crippen molar-refractivity contribution in [2.75, 3.05) is 31.6 Å². The number of unbranched alkanes of at least 4 members (excludes halogenated alkanes) is 1. The second-order valence-corrected chi connectivity index (χ2v) is 12.7. The number of halogens is 1. The molecule has 0 spiro atoms. The van der Waals surface area contributed by atoms with Crippen LogP contribution in [0.3, 0.4) is 0 Å². The van der Waals surface area contributed by atoms with Crippen LogP contribution in [0.25, 0.3) is 0 Å². The van der Waals surface area contributed by atoms with Gasteiger partial charge in [-0.1, -0.05) is 74.0 Å². The first-order chi connectivity index (χ1) is 22.7. The maximum atomic E-state index is 15.1. The van der Waals surface area contributed by atoms with E-state index in [1.807, 2.05) is 37.3 Å². The molecule has 0 fully saturated rings. The summed E-state index contributed by atoms with van der Waals surface area (Å²) in [5, 5.41) is 2.92. The SMILES string of the molecule is CCCCNC(=O)[C@@H](Cc1ccccc1)N(Cc1ccccc1F)C(=O)CN(c1ccccc1OC)S(=O)(=O)c1ccc(OC)cc1. The van der Waals surface area contributed by atoms with Crippen molar-refractivity contribution in [2.24, 2.45) is 0 Å². The van der Waals surface area contributed by atoms with E-state index in [0.717, 1.165) is 22.7 Å². The lowest BCUT2D eigenvalue weighted by atomic mass is 10.0. The molecule has 47 heavy (non-hydrogen) atoms. The lowest BCUT2D eigenvalue weighted by Crippen LogP contribution is -2.53. The average Bonchev–Trinajstić information content (AvgIpc) is 3.09. The normalized spacial score (nSPS) is 11.7. The molecule has 11 heteroatoms. The van der Waals surface area contributed by atoms with Gasteiger partial charge in [0.1, 0.15) is 29.9 Å². The zero-order valence-corrected chi connectivity index (χ0v) is 27.6. The zero-order valence-electron chi connectivity index (χ0n) is 26.8. The first-order valence-corrected chi connectivity index (χ1v) is 16.8. The van der Waals surface area contributed by atoms with Gasteiger partial charge in [0.05, 0.1) is 24.8 Å². The van der Waals surface area contributed by atoms with Crippen molar-refractivity contribution >= 4 is 27.5 Å². The summed E-state index contributed by atoms with van der Waals surface area (Å²) in [6.07, 6.45) is 1.70. The van der Waals surface area contributed by atoms with E-state index in [4.69, 9.17) is 9.47 Å². The van der Waals surface area contributed by atoms with Crippen molar-refractivity contribution in [1.29, 1.82) is 0 Å². The number of nitrogens with zero attached hydrogens (tertiary/aromatic N) is 2. The van der Waals surface area contributed by atoms with Crippen LogP contribution in [-0.4, -0.2) is 58.5 Å². The number of hydrogen-bond donors (Lipinski definition) is 1. The van der Waals surface area contributed by atoms with Gasteiger partial charge >= 0.3 is 0 Å². The minimum Gasteiger partial charge on any atom is -0.497 e. The summed E-state index contributed by atoms with van der Waals surface area (Å²) < 4.78 is 55.3. The predicted octanol–water partition coefficient (Wildman–Crippen LogP) is 5.59. The molecule has 4 aromatic rings. The van der Waals surface area contributed by atoms with Crippen LogP contribution < -0.4 is 19.1 Å². The summed E-state index contributed by atoms with van der Waals surface area (Å²) in [4.78, 5) is 29.5. The lowest BCUT2D eigenvalue weighted by molar-refractivity contribution is -0.140. The fourth-order valence-corrected chi connectivity index (χ4v) is 6.52. The monoisotopic (exact) mass is 661 g/mol. The minimum absolute atomic E-state index is 0.0872. The molecule has 9 nitrogen and oxygen atoms in total. The molecule has 0 aromatic heterocycles. The Balaban J connectivity index is 1.82. The maximum absolute atomic E-state index is 15.1. The van der Waals surface area contributed by atoms with Crippen molar-refractivity contribution in [3.8, 4) is 11.5 Å². The van der Waals surface area contributed by atoms with Gasteiger partial charge in [0.2, 0.25) is 11.8 Å². The van der Waals surface area contributed by atoms with Gasteiger partial charge in [0, 0.05) is 25.1 Å². The number of ether oxygens (including phenoxy) is 2. The Morgan fingerprint density at radius 1 is 0.851 bits per heavy atom. The predicted molar refractivity (Wildman–Crippen MR) is 179 cm³/mol. The lowest BCUT2D eigenvalue weighted by Gasteiger charge is -2.34. The highest BCUT2D eigenvalue weighted by Crippen LogP contribution is 2.33. The Kier molecular flexibility index (Phi) is 12.3. The van der Waals surface area contributed by atoms with Gasteiger partial charge in [-0.2, -0.15) is 0 Å². The summed E-state index contributed by atoms with van der Waals surface area (Å²) in [5.74, 6) is -1.01. The second kappa shape index (κ2) is 16.6. The highest BCUT2D eigenvalue weighted by molar-refractivity contribution is 7.92. The van der Waals surface area contributed by atoms with E-state index in [1.54, 1.807) is 24.3 Å². The number of para-hydroxylation sites is 2. The maximum Gasteiger partial charge on any atom is 0.264 e. The van der Waals surface area contributed by atoms with Crippen LogP contribution in [0.4, 0.5) is 10.1 Å². The number of nitrogens with one attached hydrogen (secondary N) is 1. The molecule has 1 N–H and O–H groups in total. The van der Waals surface area contributed by atoms with Gasteiger partial charge in [0.15, 0.2) is 0 Å². The molecule has 0 aliphatic carbocycles. The summed E-state index contributed by atoms with van der Waals surface area (Å²) in [7, 11) is -1.50. The van der Waals surface area contributed by atoms with E-state index in [1.165, 1.54) is 67.7 Å². The first kappa shape index (κ1) is 35.0. The van der Waals surface area contributed by atoms with Crippen molar-refractivity contribution in [1.82, 2.24) is 10.2 Å². The van der Waals surface area contributed by atoms with Crippen LogP contribution >= 0.6 is 0 Å². The first-order valence-electron chi connectivity index (χ1n) is 15.3. The van der Waals surface area contributed by atoms with Gasteiger partial charge in [-0.25, -0.2) is 12.8 Å². The minimum atomic E-state index is -4.37. The zero-order chi connectivity index (χ0) is 33.8. The smallest absolute Gasteiger partial charge is 0.264 e. The van der Waals surface area contributed by atoms with Crippen LogP contribution in [0.5, 0.6) is 11.5 Å². The van der Waals surface area contributed by atoms with Crippen molar-refractivity contribution in [3.63, 3.8) is 0 Å². The third kappa shape index (κ3) is 8.88. The van der Waals surface area contributed by atoms with Gasteiger partial charge in [-0.15, -0.1) is 0 Å². The van der Waals surface area contributed by atoms with E-state index in [9.17, 15) is 18.0 Å². The molecule has 1 atom stereocenters. The van der Waals surface area contributed by atoms with E-state index in [0.29, 0.717) is 12.3 Å². The summed E-state index contributed by atoms with van der Waals surface area (Å²) in [6, 6.07) is 26.3. The molecule has 0 radical (unpaired) electrons. The van der Waals surface area contributed by atoms with Crippen LogP contribution in [0.2, 0.25) is 0 Å². The van der Waals surface area contributed by atoms with Crippen molar-refractivity contribution < 1.29 is 31.9 Å². The number of sulfonamides is 1. The molecule has 0 unspecified atom stereocenters. The molecule has 4 aromatic carbocycles. The molecule has 0 bridgehead atoms. The van der Waals surface area contributed by atoms with Crippen LogP contribution in [0, 0.1) is 5.82 Å². The highest BCUT2D eigenvalue weighted by atomic mass is 32.2. The number of benzene rings is 4. The number of methoxy groups -OCH3 is 2. The summed E-state index contributed by atoms with van der Waals surface area (Å²) in [5.41, 5.74) is 1.08. The topological polar surface area (TPSA) is 105 Å². The van der Waals surface area contributed by atoms with E-state index >= 15 is 4.39 Å². The fraction of sp³-hybridized carbons (Fsp3) is 0.278. The Bertz CT molecular complexity index is 1740. The Labute approximate surface area is 276 Å². The van der Waals surface area contributed by atoms with Crippen molar-refractivity contribution in [2.45, 2.75) is 43.7 Å². The molecular weight excluding hydrogens is 621 g/mol. The Morgan fingerprint density at radius 2 is 1.51 bits per heavy atom. The van der Waals surface area contributed by atoms with Gasteiger partial charge in [-0.05, 0) is 54.4 Å². The number of carbonyl (C=O) groups is 2. The van der Waals surface area contributed by atoms with Gasteiger partial charge in [0.25, 0.3) is 10.0 Å².